The molecule has 1 heteroatoms. The smallest absolute Gasteiger partial charge is 0.104 e. The van der Waals surface area contributed by atoms with E-state index in [9.17, 15) is 0 Å². The highest BCUT2D eigenvalue weighted by Gasteiger charge is 2.14. The second-order valence-corrected chi connectivity index (χ2v) is 10.3. The van der Waals surface area contributed by atoms with Crippen LogP contribution in [-0.4, -0.2) is 25.1 Å². The van der Waals surface area contributed by atoms with E-state index in [4.69, 9.17) is 0 Å². The molecule has 0 aliphatic rings. The molecule has 1 aromatic carbocycles. The highest BCUT2D eigenvalue weighted by Crippen LogP contribution is 2.15. The van der Waals surface area contributed by atoms with Crippen LogP contribution in [0.3, 0.4) is 0 Å². The van der Waals surface area contributed by atoms with Crippen molar-refractivity contribution in [3.8, 4) is 0 Å². The molecule has 1 aromatic rings. The summed E-state index contributed by atoms with van der Waals surface area (Å²) >= 11 is 0. The molecule has 0 saturated carbocycles. The molecule has 0 aliphatic carbocycles. The molecule has 0 unspecified atom stereocenters. The number of benzene rings is 1. The summed E-state index contributed by atoms with van der Waals surface area (Å²) in [5.41, 5.74) is 1.46. The van der Waals surface area contributed by atoms with Crippen molar-refractivity contribution in [2.45, 2.75) is 129 Å². The van der Waals surface area contributed by atoms with Gasteiger partial charge in [-0.2, -0.15) is 0 Å². The highest BCUT2D eigenvalue weighted by molar-refractivity contribution is 5.13. The lowest BCUT2D eigenvalue weighted by Gasteiger charge is -2.30. The number of hydrogen-bond acceptors (Lipinski definition) is 0. The summed E-state index contributed by atoms with van der Waals surface area (Å²) in [6.07, 6.45) is 26.1. The summed E-state index contributed by atoms with van der Waals surface area (Å²) < 4.78 is 1.11. The van der Waals surface area contributed by atoms with Crippen LogP contribution in [0.15, 0.2) is 30.3 Å². The first-order chi connectivity index (χ1) is 14.6. The maximum Gasteiger partial charge on any atom is 0.104 e. The van der Waals surface area contributed by atoms with E-state index >= 15 is 0 Å². The van der Waals surface area contributed by atoms with Gasteiger partial charge < -0.3 is 4.48 Å². The second kappa shape index (κ2) is 18.9. The van der Waals surface area contributed by atoms with Gasteiger partial charge in [0.2, 0.25) is 0 Å². The Kier molecular flexibility index (Phi) is 17.2. The molecule has 0 heterocycles. The van der Waals surface area contributed by atoms with Crippen molar-refractivity contribution < 1.29 is 4.48 Å². The van der Waals surface area contributed by atoms with Gasteiger partial charge in [-0.15, -0.1) is 0 Å². The Hall–Kier alpha value is -0.820. The van der Waals surface area contributed by atoms with Crippen molar-refractivity contribution >= 4 is 0 Å². The lowest BCUT2D eigenvalue weighted by Crippen LogP contribution is -2.39. The van der Waals surface area contributed by atoms with E-state index in [2.05, 4.69) is 51.4 Å². The maximum atomic E-state index is 2.38. The maximum absolute atomic E-state index is 2.38. The molecule has 174 valence electrons. The van der Waals surface area contributed by atoms with Crippen LogP contribution >= 0.6 is 0 Å². The first-order valence-electron chi connectivity index (χ1n) is 13.5. The Labute approximate surface area is 190 Å². The molecular formula is C29H54N+. The van der Waals surface area contributed by atoms with Gasteiger partial charge in [0.25, 0.3) is 0 Å². The fourth-order valence-corrected chi connectivity index (χ4v) is 4.60. The molecule has 0 spiro atoms. The molecular weight excluding hydrogens is 362 g/mol. The fraction of sp³-hybridized carbons (Fsp3) is 0.793. The zero-order valence-corrected chi connectivity index (χ0v) is 21.0. The van der Waals surface area contributed by atoms with Gasteiger partial charge >= 0.3 is 0 Å². The van der Waals surface area contributed by atoms with E-state index in [1.54, 1.807) is 0 Å². The molecule has 1 nitrogen and oxygen atoms in total. The SMILES string of the molecule is CCCCCCCCCCCCCCCCCCCC[N+](C)(C)Cc1ccccc1. The summed E-state index contributed by atoms with van der Waals surface area (Å²) in [7, 11) is 4.75. The third-order valence-electron chi connectivity index (χ3n) is 6.57. The normalized spacial score (nSPS) is 11.8. The van der Waals surface area contributed by atoms with Crippen LogP contribution in [0.4, 0.5) is 0 Å². The van der Waals surface area contributed by atoms with Gasteiger partial charge in [0.15, 0.2) is 0 Å². The van der Waals surface area contributed by atoms with E-state index in [0.29, 0.717) is 0 Å². The van der Waals surface area contributed by atoms with Gasteiger partial charge in [-0.1, -0.05) is 140 Å². The molecule has 0 amide bonds. The minimum absolute atomic E-state index is 1.11. The van der Waals surface area contributed by atoms with E-state index < -0.39 is 0 Å². The van der Waals surface area contributed by atoms with Gasteiger partial charge in [0.1, 0.15) is 6.54 Å². The van der Waals surface area contributed by atoms with E-state index in [1.807, 2.05) is 0 Å². The van der Waals surface area contributed by atoms with Crippen molar-refractivity contribution in [3.05, 3.63) is 35.9 Å². The van der Waals surface area contributed by atoms with Crippen LogP contribution in [-0.2, 0) is 6.54 Å². The van der Waals surface area contributed by atoms with Crippen LogP contribution in [0.25, 0.3) is 0 Å². The molecule has 0 radical (unpaired) electrons. The molecule has 0 saturated heterocycles. The molecule has 0 fully saturated rings. The van der Waals surface area contributed by atoms with Gasteiger partial charge in [0.05, 0.1) is 20.6 Å². The molecule has 0 atom stereocenters. The van der Waals surface area contributed by atoms with Crippen LogP contribution in [0, 0.1) is 0 Å². The zero-order chi connectivity index (χ0) is 21.8. The molecule has 0 aromatic heterocycles. The third-order valence-corrected chi connectivity index (χ3v) is 6.57. The van der Waals surface area contributed by atoms with Crippen molar-refractivity contribution in [1.82, 2.24) is 0 Å². The average molecular weight is 417 g/mol. The number of nitrogens with zero attached hydrogens (tertiary/aromatic N) is 1. The quantitative estimate of drug-likeness (QED) is 0.138. The van der Waals surface area contributed by atoms with Crippen molar-refractivity contribution in [1.29, 1.82) is 0 Å². The lowest BCUT2D eigenvalue weighted by molar-refractivity contribution is -0.903. The summed E-state index contributed by atoms with van der Waals surface area (Å²) in [5, 5.41) is 0. The minimum Gasteiger partial charge on any atom is -0.325 e. The molecule has 1 rings (SSSR count). The van der Waals surface area contributed by atoms with Gasteiger partial charge in [-0.3, -0.25) is 0 Å². The molecule has 30 heavy (non-hydrogen) atoms. The second-order valence-electron chi connectivity index (χ2n) is 10.3. The Morgan fingerprint density at radius 2 is 0.867 bits per heavy atom. The lowest BCUT2D eigenvalue weighted by atomic mass is 10.0. The van der Waals surface area contributed by atoms with Crippen LogP contribution < -0.4 is 0 Å². The first kappa shape index (κ1) is 27.2. The number of unbranched alkanes of at least 4 members (excludes halogenated alkanes) is 17. The van der Waals surface area contributed by atoms with E-state index in [-0.39, 0.29) is 0 Å². The summed E-state index contributed by atoms with van der Waals surface area (Å²) in [6, 6.07) is 10.9. The topological polar surface area (TPSA) is 0 Å². The van der Waals surface area contributed by atoms with E-state index in [0.717, 1.165) is 11.0 Å². The van der Waals surface area contributed by atoms with Gasteiger partial charge in [-0.05, 0) is 12.8 Å². The number of hydrogen-bond donors (Lipinski definition) is 0. The third kappa shape index (κ3) is 16.9. The zero-order valence-electron chi connectivity index (χ0n) is 21.0. The Morgan fingerprint density at radius 3 is 1.27 bits per heavy atom. The average Bonchev–Trinajstić information content (AvgIpc) is 2.73. The number of quaternary nitrogens is 1. The first-order valence-corrected chi connectivity index (χ1v) is 13.5. The van der Waals surface area contributed by atoms with Gasteiger partial charge in [-0.25, -0.2) is 0 Å². The highest BCUT2D eigenvalue weighted by atomic mass is 15.3. The van der Waals surface area contributed by atoms with Gasteiger partial charge in [0, 0.05) is 5.56 Å². The van der Waals surface area contributed by atoms with Crippen molar-refractivity contribution in [2.24, 2.45) is 0 Å². The molecule has 0 bridgehead atoms. The predicted molar refractivity (Wildman–Crippen MR) is 136 cm³/mol. The monoisotopic (exact) mass is 416 g/mol. The Bertz CT molecular complexity index is 465. The predicted octanol–water partition coefficient (Wildman–Crippen LogP) is 9.30. The Balaban J connectivity index is 1.79. The largest absolute Gasteiger partial charge is 0.325 e. The molecule has 0 aliphatic heterocycles. The summed E-state index contributed by atoms with van der Waals surface area (Å²) in [5.74, 6) is 0. The van der Waals surface area contributed by atoms with E-state index in [1.165, 1.54) is 128 Å². The van der Waals surface area contributed by atoms with Crippen molar-refractivity contribution in [3.63, 3.8) is 0 Å². The fourth-order valence-electron chi connectivity index (χ4n) is 4.60. The molecule has 0 N–H and O–H groups in total. The standard InChI is InChI=1S/C29H54N/c1-4-5-6-7-8-9-10-11-12-13-14-15-16-17-18-19-20-24-27-30(2,3)28-29-25-22-21-23-26-29/h21-23,25-26H,4-20,24,27-28H2,1-3H3/q+1. The van der Waals surface area contributed by atoms with Crippen LogP contribution in [0.5, 0.6) is 0 Å². The van der Waals surface area contributed by atoms with Crippen molar-refractivity contribution in [2.75, 3.05) is 20.6 Å². The van der Waals surface area contributed by atoms with Crippen LogP contribution in [0.1, 0.15) is 128 Å². The minimum atomic E-state index is 1.11. The number of rotatable bonds is 21. The summed E-state index contributed by atoms with van der Waals surface area (Å²) in [6.45, 7) is 4.75. The Morgan fingerprint density at radius 1 is 0.500 bits per heavy atom. The van der Waals surface area contributed by atoms with Crippen LogP contribution in [0.2, 0.25) is 0 Å². The summed E-state index contributed by atoms with van der Waals surface area (Å²) in [4.78, 5) is 0.